The number of aliphatic hydroxyl groups is 4. The van der Waals surface area contributed by atoms with Crippen molar-refractivity contribution in [2.75, 3.05) is 6.61 Å². The van der Waals surface area contributed by atoms with Crippen LogP contribution in [-0.2, 0) is 33.3 Å². The third-order valence-electron chi connectivity index (χ3n) is 12.2. The maximum atomic E-state index is 14.8. The van der Waals surface area contributed by atoms with Crippen LogP contribution in [0.4, 0.5) is 0 Å². The summed E-state index contributed by atoms with van der Waals surface area (Å²) in [6.45, 7) is 8.76. The predicted octanol–water partition coefficient (Wildman–Crippen LogP) is 2.80. The molecule has 2 aromatic rings. The van der Waals surface area contributed by atoms with Crippen LogP contribution in [-0.4, -0.2) is 98.6 Å². The summed E-state index contributed by atoms with van der Waals surface area (Å²) in [5.74, 6) is -5.58. The summed E-state index contributed by atoms with van der Waals surface area (Å²) in [5.41, 5.74) is -6.32. The molecule has 12 heteroatoms. The first-order valence-electron chi connectivity index (χ1n) is 17.3. The van der Waals surface area contributed by atoms with Crippen LogP contribution in [0.5, 0.6) is 0 Å². The number of rotatable bonds is 7. The predicted molar refractivity (Wildman–Crippen MR) is 180 cm³/mol. The van der Waals surface area contributed by atoms with E-state index in [0.717, 1.165) is 0 Å². The van der Waals surface area contributed by atoms with Crippen LogP contribution in [0.1, 0.15) is 76.2 Å². The van der Waals surface area contributed by atoms with Crippen LogP contribution in [0.3, 0.4) is 0 Å². The van der Waals surface area contributed by atoms with Gasteiger partial charge in [0.15, 0.2) is 17.5 Å². The molecule has 4 aliphatic rings. The molecule has 4 N–H and O–H groups in total. The molecular weight excluding hydrogens is 660 g/mol. The summed E-state index contributed by atoms with van der Waals surface area (Å²) in [4.78, 5) is 55.1. The van der Waals surface area contributed by atoms with Crippen LogP contribution < -0.4 is 0 Å². The first kappa shape index (κ1) is 36.8. The van der Waals surface area contributed by atoms with Gasteiger partial charge >= 0.3 is 17.9 Å². The average molecular weight is 707 g/mol. The Hall–Kier alpha value is -3.94. The van der Waals surface area contributed by atoms with Crippen molar-refractivity contribution in [2.24, 2.45) is 16.7 Å². The molecule has 1 heterocycles. The summed E-state index contributed by atoms with van der Waals surface area (Å²) in [6, 6.07) is 16.9. The van der Waals surface area contributed by atoms with Gasteiger partial charge in [-0.3, -0.25) is 9.59 Å². The topological polar surface area (TPSA) is 186 Å². The molecule has 0 aromatic heterocycles. The zero-order valence-electron chi connectivity index (χ0n) is 29.6. The highest BCUT2D eigenvalue weighted by atomic mass is 16.6. The first-order chi connectivity index (χ1) is 23.9. The van der Waals surface area contributed by atoms with Crippen molar-refractivity contribution in [3.8, 4) is 0 Å². The fraction of sp³-hybridized carbons (Fsp3) is 0.538. The summed E-state index contributed by atoms with van der Waals surface area (Å²) < 4.78 is 24.0. The van der Waals surface area contributed by atoms with Gasteiger partial charge < -0.3 is 39.4 Å². The average Bonchev–Trinajstić information content (AvgIpc) is 3.09. The van der Waals surface area contributed by atoms with Gasteiger partial charge in [-0.15, -0.1) is 0 Å². The van der Waals surface area contributed by atoms with Gasteiger partial charge in [-0.1, -0.05) is 69.3 Å². The van der Waals surface area contributed by atoms with E-state index in [2.05, 4.69) is 0 Å². The van der Waals surface area contributed by atoms with Crippen molar-refractivity contribution in [3.05, 3.63) is 82.9 Å². The zero-order chi connectivity index (χ0) is 37.3. The van der Waals surface area contributed by atoms with E-state index in [0.29, 0.717) is 5.56 Å². The Balaban J connectivity index is 1.53. The van der Waals surface area contributed by atoms with Gasteiger partial charge in [0.1, 0.15) is 30.0 Å². The number of esters is 3. The smallest absolute Gasteiger partial charge is 0.338 e. The van der Waals surface area contributed by atoms with Gasteiger partial charge in [0, 0.05) is 31.1 Å². The lowest BCUT2D eigenvalue weighted by molar-refractivity contribution is -0.346. The van der Waals surface area contributed by atoms with Gasteiger partial charge in [0.05, 0.1) is 29.6 Å². The van der Waals surface area contributed by atoms with Crippen molar-refractivity contribution >= 4 is 23.7 Å². The monoisotopic (exact) mass is 706 g/mol. The Kier molecular flexibility index (Phi) is 9.34. The molecule has 11 atom stereocenters. The second-order valence-electron chi connectivity index (χ2n) is 15.2. The number of hydrogen-bond donors (Lipinski definition) is 4. The Morgan fingerprint density at radius 1 is 0.961 bits per heavy atom. The summed E-state index contributed by atoms with van der Waals surface area (Å²) in [6.07, 6.45) is -9.53. The van der Waals surface area contributed by atoms with E-state index < -0.39 is 101 Å². The molecule has 0 unspecified atom stereocenters. The maximum Gasteiger partial charge on any atom is 0.338 e. The molecule has 2 aromatic carbocycles. The molecule has 51 heavy (non-hydrogen) atoms. The molecule has 3 aliphatic carbocycles. The van der Waals surface area contributed by atoms with Gasteiger partial charge in [0.25, 0.3) is 0 Å². The minimum absolute atomic E-state index is 0.0193. The van der Waals surface area contributed by atoms with Crippen LogP contribution in [0.2, 0.25) is 0 Å². The molecule has 0 spiro atoms. The standard InChI is InChI=1S/C39H46O12/c1-20(23-13-9-7-10-14-23)29(42)35(46)49-25-18-39(47)33(50-34(45)24-15-11-8-12-16-24)31-37(6,32(44)30(43)28(21(25)2)36(39,4)5)26(41)17-27-38(31,19-48-27)51-22(3)40/h7-16,20,25-27,29-31,33,41-43,47H,17-19H2,1-6H3/t20-,25-,26-,27+,29+,30+,31-,33-,37+,38-,39+/m0/s1. The van der Waals surface area contributed by atoms with Crippen LogP contribution in [0.15, 0.2) is 71.8 Å². The Bertz CT molecular complexity index is 1740. The molecule has 0 amide bonds. The van der Waals surface area contributed by atoms with E-state index in [-0.39, 0.29) is 29.7 Å². The van der Waals surface area contributed by atoms with Crippen molar-refractivity contribution in [1.29, 1.82) is 0 Å². The van der Waals surface area contributed by atoms with E-state index in [4.69, 9.17) is 18.9 Å². The number of carbonyl (C=O) groups is 4. The highest BCUT2D eigenvalue weighted by Gasteiger charge is 2.78. The molecule has 1 aliphatic heterocycles. The third kappa shape index (κ3) is 5.54. The lowest BCUT2D eigenvalue weighted by atomic mass is 9.44. The maximum absolute atomic E-state index is 14.8. The van der Waals surface area contributed by atoms with E-state index >= 15 is 0 Å². The highest BCUT2D eigenvalue weighted by Crippen LogP contribution is 2.64. The first-order valence-corrected chi connectivity index (χ1v) is 17.3. The van der Waals surface area contributed by atoms with Gasteiger partial charge in [-0.2, -0.15) is 0 Å². The van der Waals surface area contributed by atoms with E-state index in [1.807, 2.05) is 0 Å². The number of hydrogen-bond acceptors (Lipinski definition) is 12. The number of Topliss-reactive ketones (excluding diaryl/α,β-unsaturated/α-hetero) is 1. The molecular formula is C39H46O12. The summed E-state index contributed by atoms with van der Waals surface area (Å²) in [7, 11) is 0. The SMILES string of the molecule is CC(=O)O[C@@]12CO[C@@H]1C[C@H](O)[C@@]1(C)C(=O)[C@H](O)C3=C(C)[C@@H](OC(=O)[C@H](O)[C@@H](C)c4ccccc4)C[C@@](O)([C@@H](OC(=O)c4ccccc4)[C@H]21)C3(C)C. The number of ketones is 1. The molecule has 2 saturated carbocycles. The Morgan fingerprint density at radius 2 is 1.57 bits per heavy atom. The van der Waals surface area contributed by atoms with Crippen LogP contribution in [0, 0.1) is 16.7 Å². The second-order valence-corrected chi connectivity index (χ2v) is 15.2. The number of fused-ring (bicyclic) bond motifs is 5. The second kappa shape index (κ2) is 12.9. The number of aliphatic hydroxyl groups excluding tert-OH is 3. The molecule has 1 saturated heterocycles. The van der Waals surface area contributed by atoms with Crippen molar-refractivity contribution < 1.29 is 58.6 Å². The zero-order valence-corrected chi connectivity index (χ0v) is 29.6. The van der Waals surface area contributed by atoms with E-state index in [1.165, 1.54) is 26.0 Å². The molecule has 12 nitrogen and oxygen atoms in total. The van der Waals surface area contributed by atoms with Gasteiger partial charge in [-0.25, -0.2) is 9.59 Å². The van der Waals surface area contributed by atoms with E-state index in [1.54, 1.807) is 76.2 Å². The van der Waals surface area contributed by atoms with Crippen molar-refractivity contribution in [1.82, 2.24) is 0 Å². The minimum Gasteiger partial charge on any atom is -0.456 e. The van der Waals surface area contributed by atoms with Crippen LogP contribution >= 0.6 is 0 Å². The van der Waals surface area contributed by atoms with Crippen LogP contribution in [0.25, 0.3) is 0 Å². The number of carbonyl (C=O) groups excluding carboxylic acids is 4. The molecule has 6 rings (SSSR count). The Labute approximate surface area is 296 Å². The number of ether oxygens (including phenoxy) is 4. The third-order valence-corrected chi connectivity index (χ3v) is 12.2. The largest absolute Gasteiger partial charge is 0.456 e. The molecule has 2 bridgehead atoms. The lowest BCUT2D eigenvalue weighted by Crippen LogP contribution is -2.81. The van der Waals surface area contributed by atoms with E-state index in [9.17, 15) is 39.6 Å². The minimum atomic E-state index is -2.24. The number of benzene rings is 2. The highest BCUT2D eigenvalue weighted by molar-refractivity contribution is 5.94. The summed E-state index contributed by atoms with van der Waals surface area (Å²) >= 11 is 0. The summed E-state index contributed by atoms with van der Waals surface area (Å²) in [5, 5.41) is 48.2. The van der Waals surface area contributed by atoms with Gasteiger partial charge in [0.2, 0.25) is 0 Å². The Morgan fingerprint density at radius 3 is 2.14 bits per heavy atom. The van der Waals surface area contributed by atoms with Crippen molar-refractivity contribution in [2.45, 2.75) is 108 Å². The van der Waals surface area contributed by atoms with Gasteiger partial charge in [-0.05, 0) is 42.7 Å². The quantitative estimate of drug-likeness (QED) is 0.188. The van der Waals surface area contributed by atoms with Crippen molar-refractivity contribution in [3.63, 3.8) is 0 Å². The molecule has 274 valence electrons. The fourth-order valence-electron chi connectivity index (χ4n) is 9.13. The lowest BCUT2D eigenvalue weighted by Gasteiger charge is -2.67. The molecule has 0 radical (unpaired) electrons. The fourth-order valence-corrected chi connectivity index (χ4v) is 9.13. The molecule has 3 fully saturated rings. The normalized spacial score (nSPS) is 36.5.